The Morgan fingerprint density at radius 3 is 2.56 bits per heavy atom. The Morgan fingerprint density at radius 1 is 1.11 bits per heavy atom. The third kappa shape index (κ3) is 2.65. The van der Waals surface area contributed by atoms with Gasteiger partial charge < -0.3 is 10.1 Å². The lowest BCUT2D eigenvalue weighted by atomic mass is 10.1. The van der Waals surface area contributed by atoms with Gasteiger partial charge in [0, 0.05) is 11.4 Å². The highest BCUT2D eigenvalue weighted by Gasteiger charge is 2.15. The summed E-state index contributed by atoms with van der Waals surface area (Å²) in [5, 5.41) is 5.70. The lowest BCUT2D eigenvalue weighted by Gasteiger charge is -2.24. The molecule has 2 rings (SSSR count). The zero-order valence-corrected chi connectivity index (χ0v) is 11.3. The third-order valence-electron chi connectivity index (χ3n) is 3.44. The van der Waals surface area contributed by atoms with Crippen molar-refractivity contribution in [3.63, 3.8) is 0 Å². The summed E-state index contributed by atoms with van der Waals surface area (Å²) in [6, 6.07) is 14.9. The molecular formula is C16H21NO. The molecule has 2 atom stereocenters. The fraction of sp³-hybridized carbons (Fsp3) is 0.375. The molecule has 18 heavy (non-hydrogen) atoms. The molecule has 0 bridgehead atoms. The molecule has 0 aliphatic rings. The molecule has 0 spiro atoms. The van der Waals surface area contributed by atoms with Gasteiger partial charge in [-0.15, -0.1) is 0 Å². The Kier molecular flexibility index (Phi) is 4.21. The van der Waals surface area contributed by atoms with Gasteiger partial charge in [0.05, 0.1) is 0 Å². The van der Waals surface area contributed by atoms with Crippen LogP contribution in [0.5, 0.6) is 5.75 Å². The Morgan fingerprint density at radius 2 is 1.83 bits per heavy atom. The van der Waals surface area contributed by atoms with Gasteiger partial charge >= 0.3 is 0 Å². The van der Waals surface area contributed by atoms with Crippen LogP contribution in [0.3, 0.4) is 0 Å². The Balaban J connectivity index is 2.26. The second-order valence-corrected chi connectivity index (χ2v) is 4.60. The van der Waals surface area contributed by atoms with Crippen LogP contribution in [-0.2, 0) is 0 Å². The fourth-order valence-corrected chi connectivity index (χ4v) is 2.35. The van der Waals surface area contributed by atoms with E-state index in [9.17, 15) is 0 Å². The van der Waals surface area contributed by atoms with Crippen molar-refractivity contribution in [2.75, 3.05) is 7.05 Å². The minimum absolute atomic E-state index is 0.158. The van der Waals surface area contributed by atoms with Crippen molar-refractivity contribution < 1.29 is 4.74 Å². The maximum Gasteiger partial charge on any atom is 0.127 e. The lowest BCUT2D eigenvalue weighted by Crippen LogP contribution is -2.38. The van der Waals surface area contributed by atoms with E-state index in [2.05, 4.69) is 49.5 Å². The summed E-state index contributed by atoms with van der Waals surface area (Å²) in [6.45, 7) is 4.29. The van der Waals surface area contributed by atoms with Crippen LogP contribution < -0.4 is 10.1 Å². The van der Waals surface area contributed by atoms with E-state index in [0.717, 1.165) is 12.2 Å². The van der Waals surface area contributed by atoms with Gasteiger partial charge in [0.2, 0.25) is 0 Å². The van der Waals surface area contributed by atoms with Crippen molar-refractivity contribution in [2.45, 2.75) is 32.4 Å². The van der Waals surface area contributed by atoms with Crippen molar-refractivity contribution in [3.05, 3.63) is 42.5 Å². The molecule has 0 aliphatic carbocycles. The van der Waals surface area contributed by atoms with E-state index in [1.165, 1.54) is 10.8 Å². The molecule has 0 radical (unpaired) electrons. The summed E-state index contributed by atoms with van der Waals surface area (Å²) in [5.41, 5.74) is 0. The molecule has 2 aromatic carbocycles. The first-order chi connectivity index (χ1) is 8.76. The van der Waals surface area contributed by atoms with Crippen LogP contribution >= 0.6 is 0 Å². The van der Waals surface area contributed by atoms with Crippen LogP contribution in [0.4, 0.5) is 0 Å². The zero-order valence-electron chi connectivity index (χ0n) is 11.3. The van der Waals surface area contributed by atoms with Crippen molar-refractivity contribution >= 4 is 10.8 Å². The number of hydrogen-bond acceptors (Lipinski definition) is 2. The maximum absolute atomic E-state index is 6.11. The molecule has 96 valence electrons. The third-order valence-corrected chi connectivity index (χ3v) is 3.44. The van der Waals surface area contributed by atoms with Gasteiger partial charge in [0.15, 0.2) is 0 Å². The number of hydrogen-bond donors (Lipinski definition) is 1. The van der Waals surface area contributed by atoms with Gasteiger partial charge in [-0.05, 0) is 31.8 Å². The number of nitrogens with one attached hydrogen (secondary N) is 1. The summed E-state index contributed by atoms with van der Waals surface area (Å²) in [5.74, 6) is 0.967. The SMILES string of the molecule is CCC(NC)C(C)Oc1cccc2ccccc12. The monoisotopic (exact) mass is 243 g/mol. The van der Waals surface area contributed by atoms with Gasteiger partial charge in [-0.25, -0.2) is 0 Å². The highest BCUT2D eigenvalue weighted by Crippen LogP contribution is 2.26. The van der Waals surface area contributed by atoms with Crippen LogP contribution in [0.1, 0.15) is 20.3 Å². The zero-order chi connectivity index (χ0) is 13.0. The smallest absolute Gasteiger partial charge is 0.127 e. The molecule has 2 nitrogen and oxygen atoms in total. The molecule has 0 amide bonds. The lowest BCUT2D eigenvalue weighted by molar-refractivity contribution is 0.174. The van der Waals surface area contributed by atoms with E-state index >= 15 is 0 Å². The predicted molar refractivity (Wildman–Crippen MR) is 77.2 cm³/mol. The standard InChI is InChI=1S/C16H21NO/c1-4-15(17-3)12(2)18-16-11-7-9-13-8-5-6-10-14(13)16/h5-12,15,17H,4H2,1-3H3. The van der Waals surface area contributed by atoms with E-state index in [0.29, 0.717) is 6.04 Å². The first kappa shape index (κ1) is 12.9. The molecule has 0 saturated carbocycles. The molecule has 1 N–H and O–H groups in total. The van der Waals surface area contributed by atoms with Crippen molar-refractivity contribution in [1.82, 2.24) is 5.32 Å². The average Bonchev–Trinajstić information content (AvgIpc) is 2.40. The summed E-state index contributed by atoms with van der Waals surface area (Å²) in [6.07, 6.45) is 1.22. The molecular weight excluding hydrogens is 222 g/mol. The second-order valence-electron chi connectivity index (χ2n) is 4.60. The highest BCUT2D eigenvalue weighted by atomic mass is 16.5. The van der Waals surface area contributed by atoms with Crippen LogP contribution in [-0.4, -0.2) is 19.2 Å². The molecule has 0 fully saturated rings. The molecule has 2 aromatic rings. The van der Waals surface area contributed by atoms with Crippen LogP contribution in [0.15, 0.2) is 42.5 Å². The Bertz CT molecular complexity index is 500. The average molecular weight is 243 g/mol. The molecule has 2 heteroatoms. The summed E-state index contributed by atoms with van der Waals surface area (Å²) >= 11 is 0. The van der Waals surface area contributed by atoms with E-state index in [4.69, 9.17) is 4.74 Å². The van der Waals surface area contributed by atoms with Crippen LogP contribution in [0, 0.1) is 0 Å². The minimum atomic E-state index is 0.158. The number of rotatable bonds is 5. The molecule has 2 unspecified atom stereocenters. The quantitative estimate of drug-likeness (QED) is 0.866. The van der Waals surface area contributed by atoms with Gasteiger partial charge in [0.1, 0.15) is 11.9 Å². The summed E-state index contributed by atoms with van der Waals surface area (Å²) < 4.78 is 6.11. The van der Waals surface area contributed by atoms with Crippen LogP contribution in [0.2, 0.25) is 0 Å². The van der Waals surface area contributed by atoms with Crippen molar-refractivity contribution in [3.8, 4) is 5.75 Å². The minimum Gasteiger partial charge on any atom is -0.488 e. The van der Waals surface area contributed by atoms with Gasteiger partial charge in [0.25, 0.3) is 0 Å². The number of likely N-dealkylation sites (N-methyl/N-ethyl adjacent to an activating group) is 1. The van der Waals surface area contributed by atoms with Crippen molar-refractivity contribution in [2.24, 2.45) is 0 Å². The molecule has 0 aliphatic heterocycles. The Hall–Kier alpha value is -1.54. The number of benzene rings is 2. The van der Waals surface area contributed by atoms with Gasteiger partial charge in [-0.1, -0.05) is 43.3 Å². The van der Waals surface area contributed by atoms with E-state index in [1.807, 2.05) is 19.2 Å². The number of fused-ring (bicyclic) bond motifs is 1. The maximum atomic E-state index is 6.11. The van der Waals surface area contributed by atoms with Crippen LogP contribution in [0.25, 0.3) is 10.8 Å². The molecule has 0 saturated heterocycles. The summed E-state index contributed by atoms with van der Waals surface area (Å²) in [4.78, 5) is 0. The predicted octanol–water partition coefficient (Wildman–Crippen LogP) is 3.61. The number of ether oxygens (including phenoxy) is 1. The van der Waals surface area contributed by atoms with Gasteiger partial charge in [-0.2, -0.15) is 0 Å². The highest BCUT2D eigenvalue weighted by molar-refractivity contribution is 5.88. The van der Waals surface area contributed by atoms with Gasteiger partial charge in [-0.3, -0.25) is 0 Å². The first-order valence-corrected chi connectivity index (χ1v) is 6.58. The largest absolute Gasteiger partial charge is 0.488 e. The van der Waals surface area contributed by atoms with E-state index < -0.39 is 0 Å². The first-order valence-electron chi connectivity index (χ1n) is 6.58. The molecule has 0 heterocycles. The second kappa shape index (κ2) is 5.87. The van der Waals surface area contributed by atoms with E-state index in [1.54, 1.807) is 0 Å². The normalized spacial score (nSPS) is 14.4. The van der Waals surface area contributed by atoms with Crippen molar-refractivity contribution in [1.29, 1.82) is 0 Å². The van der Waals surface area contributed by atoms with E-state index in [-0.39, 0.29) is 6.10 Å². The Labute approximate surface area is 109 Å². The summed E-state index contributed by atoms with van der Waals surface area (Å²) in [7, 11) is 1.98. The molecule has 0 aromatic heterocycles. The topological polar surface area (TPSA) is 21.3 Å². The fourth-order valence-electron chi connectivity index (χ4n) is 2.35.